The van der Waals surface area contributed by atoms with Gasteiger partial charge in [-0.15, -0.1) is 0 Å². The highest BCUT2D eigenvalue weighted by Crippen LogP contribution is 2.23. The molecule has 0 fully saturated rings. The van der Waals surface area contributed by atoms with Crippen LogP contribution in [0.25, 0.3) is 6.08 Å². The minimum Gasteiger partial charge on any atom is -0.481 e. The van der Waals surface area contributed by atoms with Crippen LogP contribution in [-0.4, -0.2) is 11.1 Å². The molecule has 1 N–H and O–H groups in total. The van der Waals surface area contributed by atoms with Crippen LogP contribution in [0.2, 0.25) is 0 Å². The van der Waals surface area contributed by atoms with Gasteiger partial charge in [0.2, 0.25) is 0 Å². The lowest BCUT2D eigenvalue weighted by Gasteiger charge is -2.16. The second-order valence-electron chi connectivity index (χ2n) is 4.30. The molecule has 0 saturated carbocycles. The highest BCUT2D eigenvalue weighted by molar-refractivity contribution is 5.68. The molecule has 0 amide bonds. The lowest BCUT2D eigenvalue weighted by atomic mass is 9.88. The van der Waals surface area contributed by atoms with Gasteiger partial charge in [-0.1, -0.05) is 56.3 Å². The Bertz CT molecular complexity index is 350. The topological polar surface area (TPSA) is 37.3 Å². The van der Waals surface area contributed by atoms with Crippen LogP contribution >= 0.6 is 0 Å². The van der Waals surface area contributed by atoms with E-state index in [2.05, 4.69) is 0 Å². The van der Waals surface area contributed by atoms with Gasteiger partial charge in [0.15, 0.2) is 0 Å². The molecule has 0 unspecified atom stereocenters. The number of carboxylic acid groups (broad SMARTS) is 1. The number of hydrogen-bond donors (Lipinski definition) is 1. The monoisotopic (exact) mass is 204 g/mol. The number of rotatable bonds is 4. The van der Waals surface area contributed by atoms with Crippen LogP contribution in [0, 0.1) is 5.41 Å². The molecule has 0 saturated heterocycles. The van der Waals surface area contributed by atoms with Gasteiger partial charge in [-0.25, -0.2) is 0 Å². The normalized spacial score (nSPS) is 11.9. The van der Waals surface area contributed by atoms with Gasteiger partial charge in [-0.05, 0) is 11.0 Å². The lowest BCUT2D eigenvalue weighted by molar-refractivity contribution is -0.138. The summed E-state index contributed by atoms with van der Waals surface area (Å²) in [5, 5.41) is 8.71. The quantitative estimate of drug-likeness (QED) is 0.817. The first-order valence-corrected chi connectivity index (χ1v) is 4.96. The first kappa shape index (κ1) is 11.5. The van der Waals surface area contributed by atoms with Crippen LogP contribution < -0.4 is 0 Å². The molecular weight excluding hydrogens is 188 g/mol. The Labute approximate surface area is 90.3 Å². The van der Waals surface area contributed by atoms with Crippen molar-refractivity contribution in [1.29, 1.82) is 0 Å². The van der Waals surface area contributed by atoms with Gasteiger partial charge >= 0.3 is 5.97 Å². The van der Waals surface area contributed by atoms with Crippen LogP contribution in [0.15, 0.2) is 36.4 Å². The zero-order valence-electron chi connectivity index (χ0n) is 9.10. The van der Waals surface area contributed by atoms with E-state index in [1.807, 2.05) is 56.3 Å². The first-order valence-electron chi connectivity index (χ1n) is 4.96. The van der Waals surface area contributed by atoms with Gasteiger partial charge in [0.1, 0.15) is 0 Å². The molecule has 0 aliphatic carbocycles. The minimum absolute atomic E-state index is 0.149. The van der Waals surface area contributed by atoms with E-state index in [1.54, 1.807) is 0 Å². The molecule has 0 aliphatic heterocycles. The van der Waals surface area contributed by atoms with E-state index in [0.29, 0.717) is 0 Å². The summed E-state index contributed by atoms with van der Waals surface area (Å²) >= 11 is 0. The van der Waals surface area contributed by atoms with Crippen molar-refractivity contribution in [1.82, 2.24) is 0 Å². The van der Waals surface area contributed by atoms with Crippen molar-refractivity contribution in [3.05, 3.63) is 42.0 Å². The summed E-state index contributed by atoms with van der Waals surface area (Å²) in [6.45, 7) is 3.83. The summed E-state index contributed by atoms with van der Waals surface area (Å²) in [6, 6.07) is 9.87. The zero-order valence-corrected chi connectivity index (χ0v) is 9.10. The van der Waals surface area contributed by atoms with Crippen molar-refractivity contribution in [3.8, 4) is 0 Å². The van der Waals surface area contributed by atoms with Crippen molar-refractivity contribution >= 4 is 12.0 Å². The molecule has 0 radical (unpaired) electrons. The molecule has 0 spiro atoms. The Kier molecular flexibility index (Phi) is 3.67. The highest BCUT2D eigenvalue weighted by Gasteiger charge is 2.17. The second kappa shape index (κ2) is 4.78. The summed E-state index contributed by atoms with van der Waals surface area (Å²) in [6.07, 6.45) is 4.05. The molecule has 0 aromatic heterocycles. The molecule has 1 rings (SSSR count). The smallest absolute Gasteiger partial charge is 0.304 e. The van der Waals surface area contributed by atoms with E-state index in [-0.39, 0.29) is 11.8 Å². The predicted molar refractivity (Wildman–Crippen MR) is 61.5 cm³/mol. The van der Waals surface area contributed by atoms with E-state index in [0.717, 1.165) is 5.56 Å². The minimum atomic E-state index is -0.766. The maximum absolute atomic E-state index is 10.6. The molecule has 15 heavy (non-hydrogen) atoms. The Hall–Kier alpha value is -1.57. The van der Waals surface area contributed by atoms with Crippen LogP contribution in [-0.2, 0) is 4.79 Å². The summed E-state index contributed by atoms with van der Waals surface area (Å²) in [5.41, 5.74) is 0.790. The van der Waals surface area contributed by atoms with Crippen molar-refractivity contribution < 1.29 is 9.90 Å². The first-order chi connectivity index (χ1) is 6.99. The molecule has 1 aromatic rings. The molecule has 2 nitrogen and oxygen atoms in total. The summed E-state index contributed by atoms with van der Waals surface area (Å²) < 4.78 is 0. The van der Waals surface area contributed by atoms with E-state index >= 15 is 0 Å². The van der Waals surface area contributed by atoms with Crippen LogP contribution in [0.1, 0.15) is 25.8 Å². The van der Waals surface area contributed by atoms with Crippen molar-refractivity contribution in [2.75, 3.05) is 0 Å². The molecule has 0 aliphatic rings. The Morgan fingerprint density at radius 1 is 1.33 bits per heavy atom. The van der Waals surface area contributed by atoms with Gasteiger partial charge in [-0.2, -0.15) is 0 Å². The molecule has 0 atom stereocenters. The average Bonchev–Trinajstić information content (AvgIpc) is 2.15. The largest absolute Gasteiger partial charge is 0.481 e. The summed E-state index contributed by atoms with van der Waals surface area (Å²) in [4.78, 5) is 10.6. The summed E-state index contributed by atoms with van der Waals surface area (Å²) in [5.74, 6) is -0.766. The molecule has 2 heteroatoms. The van der Waals surface area contributed by atoms with Gasteiger partial charge < -0.3 is 5.11 Å². The van der Waals surface area contributed by atoms with Gasteiger partial charge in [0, 0.05) is 0 Å². The van der Waals surface area contributed by atoms with Crippen LogP contribution in [0.5, 0.6) is 0 Å². The van der Waals surface area contributed by atoms with E-state index < -0.39 is 5.97 Å². The van der Waals surface area contributed by atoms with E-state index in [1.165, 1.54) is 0 Å². The average molecular weight is 204 g/mol. The fourth-order valence-electron chi connectivity index (χ4n) is 1.33. The van der Waals surface area contributed by atoms with Crippen molar-refractivity contribution in [2.24, 2.45) is 5.41 Å². The molecule has 80 valence electrons. The maximum atomic E-state index is 10.6. The number of hydrogen-bond acceptors (Lipinski definition) is 1. The number of carbonyl (C=O) groups is 1. The SMILES string of the molecule is CC(C)(/C=C/c1ccccc1)CC(=O)O. The Balaban J connectivity index is 2.68. The van der Waals surface area contributed by atoms with Crippen LogP contribution in [0.3, 0.4) is 0 Å². The number of aliphatic carboxylic acids is 1. The van der Waals surface area contributed by atoms with Gasteiger partial charge in [-0.3, -0.25) is 4.79 Å². The maximum Gasteiger partial charge on any atom is 0.304 e. The summed E-state index contributed by atoms with van der Waals surface area (Å²) in [7, 11) is 0. The third kappa shape index (κ3) is 4.45. The molecule has 0 heterocycles. The van der Waals surface area contributed by atoms with Gasteiger partial charge in [0.05, 0.1) is 6.42 Å². The number of allylic oxidation sites excluding steroid dienone is 1. The third-order valence-electron chi connectivity index (χ3n) is 2.13. The highest BCUT2D eigenvalue weighted by atomic mass is 16.4. The fraction of sp³-hybridized carbons (Fsp3) is 0.308. The Morgan fingerprint density at radius 3 is 2.47 bits per heavy atom. The molecule has 0 bridgehead atoms. The van der Waals surface area contributed by atoms with E-state index in [9.17, 15) is 4.79 Å². The number of carboxylic acids is 1. The Morgan fingerprint density at radius 2 is 1.93 bits per heavy atom. The molecular formula is C13H16O2. The van der Waals surface area contributed by atoms with Crippen molar-refractivity contribution in [2.45, 2.75) is 20.3 Å². The van der Waals surface area contributed by atoms with Crippen molar-refractivity contribution in [3.63, 3.8) is 0 Å². The number of benzene rings is 1. The van der Waals surface area contributed by atoms with Gasteiger partial charge in [0.25, 0.3) is 0 Å². The second-order valence-corrected chi connectivity index (χ2v) is 4.30. The predicted octanol–water partition coefficient (Wildman–Crippen LogP) is 3.20. The van der Waals surface area contributed by atoms with E-state index in [4.69, 9.17) is 5.11 Å². The lowest BCUT2D eigenvalue weighted by Crippen LogP contribution is -2.13. The standard InChI is InChI=1S/C13H16O2/c1-13(2,10-12(14)15)9-8-11-6-4-3-5-7-11/h3-9H,10H2,1-2H3,(H,14,15)/b9-8+. The third-order valence-corrected chi connectivity index (χ3v) is 2.13. The van der Waals surface area contributed by atoms with Crippen LogP contribution in [0.4, 0.5) is 0 Å². The molecule has 1 aromatic carbocycles. The zero-order chi connectivity index (χ0) is 11.3. The fourth-order valence-corrected chi connectivity index (χ4v) is 1.33.